The van der Waals surface area contributed by atoms with Gasteiger partial charge in [-0.1, -0.05) is 20.8 Å². The van der Waals surface area contributed by atoms with E-state index in [0.29, 0.717) is 5.41 Å². The predicted octanol–water partition coefficient (Wildman–Crippen LogP) is 2.51. The van der Waals surface area contributed by atoms with E-state index in [4.69, 9.17) is 4.74 Å². The van der Waals surface area contributed by atoms with Crippen molar-refractivity contribution in [1.82, 2.24) is 10.2 Å². The molecule has 1 unspecified atom stereocenters. The van der Waals surface area contributed by atoms with Crippen LogP contribution in [0.15, 0.2) is 0 Å². The second kappa shape index (κ2) is 6.88. The van der Waals surface area contributed by atoms with Crippen molar-refractivity contribution in [3.05, 3.63) is 0 Å². The van der Waals surface area contributed by atoms with Crippen molar-refractivity contribution in [1.29, 1.82) is 0 Å². The van der Waals surface area contributed by atoms with Crippen LogP contribution in [0.25, 0.3) is 0 Å². The van der Waals surface area contributed by atoms with Gasteiger partial charge in [-0.15, -0.1) is 0 Å². The minimum absolute atomic E-state index is 0.180. The number of nitrogens with zero attached hydrogens (tertiary/aromatic N) is 1. The van der Waals surface area contributed by atoms with Gasteiger partial charge in [0.05, 0.1) is 13.2 Å². The van der Waals surface area contributed by atoms with Crippen LogP contribution in [0.3, 0.4) is 0 Å². The Morgan fingerprint density at radius 1 is 1.33 bits per heavy atom. The van der Waals surface area contributed by atoms with Crippen molar-refractivity contribution in [3.8, 4) is 0 Å². The van der Waals surface area contributed by atoms with Crippen molar-refractivity contribution in [2.45, 2.75) is 53.0 Å². The molecule has 0 amide bonds. The fraction of sp³-hybridized carbons (Fsp3) is 1.00. The summed E-state index contributed by atoms with van der Waals surface area (Å²) in [6.07, 6.45) is 2.43. The van der Waals surface area contributed by atoms with Crippen molar-refractivity contribution >= 4 is 0 Å². The van der Waals surface area contributed by atoms with Crippen molar-refractivity contribution in [2.75, 3.05) is 39.4 Å². The minimum Gasteiger partial charge on any atom is -0.378 e. The summed E-state index contributed by atoms with van der Waals surface area (Å²) in [5.74, 6) is 0. The molecular formula is C15H32N2O. The molecular weight excluding hydrogens is 224 g/mol. The fourth-order valence-corrected chi connectivity index (χ4v) is 2.50. The maximum Gasteiger partial charge on any atom is 0.0645 e. The molecule has 1 heterocycles. The van der Waals surface area contributed by atoms with Crippen LogP contribution in [0.5, 0.6) is 0 Å². The molecule has 0 aromatic heterocycles. The molecule has 1 aliphatic heterocycles. The molecule has 3 nitrogen and oxygen atoms in total. The third-order valence-corrected chi connectivity index (χ3v) is 4.22. The van der Waals surface area contributed by atoms with Gasteiger partial charge < -0.3 is 10.1 Å². The van der Waals surface area contributed by atoms with Gasteiger partial charge in [0.1, 0.15) is 0 Å². The highest BCUT2D eigenvalue weighted by molar-refractivity contribution is 4.89. The van der Waals surface area contributed by atoms with E-state index in [9.17, 15) is 0 Å². The van der Waals surface area contributed by atoms with Crippen molar-refractivity contribution < 1.29 is 4.74 Å². The molecule has 1 saturated heterocycles. The van der Waals surface area contributed by atoms with E-state index in [2.05, 4.69) is 44.8 Å². The molecule has 0 radical (unpaired) electrons. The summed E-state index contributed by atoms with van der Waals surface area (Å²) in [4.78, 5) is 2.60. The van der Waals surface area contributed by atoms with Crippen LogP contribution in [0.1, 0.15) is 47.5 Å². The lowest BCUT2D eigenvalue weighted by molar-refractivity contribution is -0.0666. The zero-order valence-electron chi connectivity index (χ0n) is 13.0. The summed E-state index contributed by atoms with van der Waals surface area (Å²) in [6.45, 7) is 17.7. The number of hydrogen-bond donors (Lipinski definition) is 1. The lowest BCUT2D eigenvalue weighted by Crippen LogP contribution is -2.57. The number of ether oxygens (including phenoxy) is 1. The molecule has 1 atom stereocenters. The summed E-state index contributed by atoms with van der Waals surface area (Å²) in [7, 11) is 0. The summed E-state index contributed by atoms with van der Waals surface area (Å²) in [6, 6.07) is 0. The molecule has 0 saturated carbocycles. The highest BCUT2D eigenvalue weighted by atomic mass is 16.5. The topological polar surface area (TPSA) is 24.5 Å². The normalized spacial score (nSPS) is 23.8. The highest BCUT2D eigenvalue weighted by Gasteiger charge is 2.35. The van der Waals surface area contributed by atoms with E-state index in [1.54, 1.807) is 0 Å². The van der Waals surface area contributed by atoms with Crippen molar-refractivity contribution in [3.63, 3.8) is 0 Å². The second-order valence-corrected chi connectivity index (χ2v) is 6.63. The Morgan fingerprint density at radius 2 is 2.06 bits per heavy atom. The van der Waals surface area contributed by atoms with Crippen LogP contribution < -0.4 is 5.32 Å². The monoisotopic (exact) mass is 256 g/mol. The molecule has 0 aromatic rings. The maximum atomic E-state index is 5.60. The average Bonchev–Trinajstić information content (AvgIpc) is 2.32. The maximum absolute atomic E-state index is 5.60. The third kappa shape index (κ3) is 4.52. The Kier molecular flexibility index (Phi) is 6.09. The molecule has 1 N–H and O–H groups in total. The second-order valence-electron chi connectivity index (χ2n) is 6.63. The van der Waals surface area contributed by atoms with Gasteiger partial charge in [0.2, 0.25) is 0 Å². The van der Waals surface area contributed by atoms with Gasteiger partial charge in [0.15, 0.2) is 0 Å². The van der Waals surface area contributed by atoms with Crippen LogP contribution in [-0.2, 0) is 4.74 Å². The first-order chi connectivity index (χ1) is 8.43. The minimum atomic E-state index is 0.180. The number of morpholine rings is 1. The molecule has 0 bridgehead atoms. The Labute approximate surface area is 113 Å². The average molecular weight is 256 g/mol. The van der Waals surface area contributed by atoms with Crippen LogP contribution in [-0.4, -0.2) is 49.8 Å². The van der Waals surface area contributed by atoms with E-state index in [-0.39, 0.29) is 5.54 Å². The first-order valence-corrected chi connectivity index (χ1v) is 7.47. The van der Waals surface area contributed by atoms with Crippen LogP contribution in [0.4, 0.5) is 0 Å². The van der Waals surface area contributed by atoms with Gasteiger partial charge in [-0.25, -0.2) is 0 Å². The van der Waals surface area contributed by atoms with Crippen LogP contribution in [0, 0.1) is 5.41 Å². The molecule has 1 aliphatic rings. The van der Waals surface area contributed by atoms with Crippen LogP contribution >= 0.6 is 0 Å². The molecule has 3 heteroatoms. The van der Waals surface area contributed by atoms with E-state index in [1.165, 1.54) is 12.8 Å². The predicted molar refractivity (Wildman–Crippen MR) is 78.0 cm³/mol. The Hall–Kier alpha value is -0.120. The van der Waals surface area contributed by atoms with Gasteiger partial charge in [-0.3, -0.25) is 4.90 Å². The van der Waals surface area contributed by atoms with E-state index >= 15 is 0 Å². The number of nitrogens with one attached hydrogen (secondary N) is 1. The molecule has 1 fully saturated rings. The molecule has 18 heavy (non-hydrogen) atoms. The molecule has 1 rings (SSSR count). The quantitative estimate of drug-likeness (QED) is 0.708. The summed E-state index contributed by atoms with van der Waals surface area (Å²) >= 11 is 0. The standard InChI is InChI=1S/C15H32N2O/c1-6-8-16-11-15(5,7-2)12-17-9-10-18-13-14(17,3)4/h16H,6-13H2,1-5H3. The van der Waals surface area contributed by atoms with Gasteiger partial charge in [0.25, 0.3) is 0 Å². The van der Waals surface area contributed by atoms with Gasteiger partial charge >= 0.3 is 0 Å². The van der Waals surface area contributed by atoms with E-state index < -0.39 is 0 Å². The summed E-state index contributed by atoms with van der Waals surface area (Å²) in [5, 5.41) is 3.59. The first-order valence-electron chi connectivity index (χ1n) is 7.47. The molecule has 0 spiro atoms. The Bertz CT molecular complexity index is 243. The van der Waals surface area contributed by atoms with Gasteiger partial charge in [0, 0.05) is 25.2 Å². The van der Waals surface area contributed by atoms with Crippen LogP contribution in [0.2, 0.25) is 0 Å². The molecule has 108 valence electrons. The Morgan fingerprint density at radius 3 is 2.61 bits per heavy atom. The largest absolute Gasteiger partial charge is 0.378 e. The summed E-state index contributed by atoms with van der Waals surface area (Å²) < 4.78 is 5.60. The molecule has 0 aliphatic carbocycles. The zero-order valence-corrected chi connectivity index (χ0v) is 13.0. The lowest BCUT2D eigenvalue weighted by Gasteiger charge is -2.46. The number of rotatable bonds is 7. The summed E-state index contributed by atoms with van der Waals surface area (Å²) in [5.41, 5.74) is 0.545. The van der Waals surface area contributed by atoms with E-state index in [0.717, 1.165) is 39.4 Å². The fourth-order valence-electron chi connectivity index (χ4n) is 2.50. The first kappa shape index (κ1) is 15.9. The zero-order chi connectivity index (χ0) is 13.6. The SMILES string of the molecule is CCCNCC(C)(CC)CN1CCOCC1(C)C. The third-order valence-electron chi connectivity index (χ3n) is 4.22. The van der Waals surface area contributed by atoms with Gasteiger partial charge in [-0.05, 0) is 38.6 Å². The van der Waals surface area contributed by atoms with Crippen molar-refractivity contribution in [2.24, 2.45) is 5.41 Å². The number of hydrogen-bond acceptors (Lipinski definition) is 3. The molecule has 0 aromatic carbocycles. The smallest absolute Gasteiger partial charge is 0.0645 e. The highest BCUT2D eigenvalue weighted by Crippen LogP contribution is 2.27. The van der Waals surface area contributed by atoms with E-state index in [1.807, 2.05) is 0 Å². The Balaban J connectivity index is 2.54. The lowest BCUT2D eigenvalue weighted by atomic mass is 9.85. The van der Waals surface area contributed by atoms with Gasteiger partial charge in [-0.2, -0.15) is 0 Å².